The summed E-state index contributed by atoms with van der Waals surface area (Å²) in [6, 6.07) is 0. The van der Waals surface area contributed by atoms with E-state index in [1.165, 1.54) is 0 Å². The fourth-order valence-corrected chi connectivity index (χ4v) is 0.316. The van der Waals surface area contributed by atoms with Gasteiger partial charge < -0.3 is 26.7 Å². The molecule has 1 nitrogen and oxygen atoms in total. The molecule has 55 valence electrons. The van der Waals surface area contributed by atoms with Gasteiger partial charge in [0.2, 0.25) is 0 Å². The van der Waals surface area contributed by atoms with E-state index in [4.69, 9.17) is 0 Å². The Labute approximate surface area is 94.6 Å². The molecular weight excluding hydrogens is 238 g/mol. The SMILES string of the molecule is [CH2-]CCN(C)C.[CH3-].[CH3-].[Ce+3]. The van der Waals surface area contributed by atoms with Gasteiger partial charge in [0.05, 0.1) is 0 Å². The molecule has 0 atom stereocenters. The zero-order valence-electron chi connectivity index (χ0n) is 7.07. The van der Waals surface area contributed by atoms with Gasteiger partial charge in [0.1, 0.15) is 0 Å². The predicted molar refractivity (Wildman–Crippen MR) is 41.4 cm³/mol. The van der Waals surface area contributed by atoms with Gasteiger partial charge >= 0.3 is 41.7 Å². The van der Waals surface area contributed by atoms with Crippen LogP contribution >= 0.6 is 0 Å². The van der Waals surface area contributed by atoms with Gasteiger partial charge in [-0.3, -0.25) is 0 Å². The largest absolute Gasteiger partial charge is 3.00 e. The first-order valence-electron chi connectivity index (χ1n) is 2.21. The molecular formula is C7H18CeN. The summed E-state index contributed by atoms with van der Waals surface area (Å²) in [7, 11) is 4.09. The molecule has 0 aliphatic heterocycles. The summed E-state index contributed by atoms with van der Waals surface area (Å²) < 4.78 is 0. The molecule has 0 aliphatic carbocycles. The fraction of sp³-hybridized carbons (Fsp3) is 0.571. The minimum atomic E-state index is 0. The second-order valence-corrected chi connectivity index (χ2v) is 1.66. The first kappa shape index (κ1) is 22.4. The average molecular weight is 256 g/mol. The summed E-state index contributed by atoms with van der Waals surface area (Å²) in [5.41, 5.74) is 0. The van der Waals surface area contributed by atoms with Crippen molar-refractivity contribution in [2.24, 2.45) is 0 Å². The molecule has 9 heavy (non-hydrogen) atoms. The topological polar surface area (TPSA) is 3.24 Å². The van der Waals surface area contributed by atoms with Crippen molar-refractivity contribution in [3.05, 3.63) is 21.8 Å². The molecule has 0 saturated carbocycles. The summed E-state index contributed by atoms with van der Waals surface area (Å²) in [5.74, 6) is 0. The quantitative estimate of drug-likeness (QED) is 0.679. The van der Waals surface area contributed by atoms with Crippen molar-refractivity contribution in [2.75, 3.05) is 20.6 Å². The predicted octanol–water partition coefficient (Wildman–Crippen LogP) is 1.67. The number of hydrogen-bond donors (Lipinski definition) is 0. The summed E-state index contributed by atoms with van der Waals surface area (Å²) in [6.07, 6.45) is 1.01. The van der Waals surface area contributed by atoms with Crippen LogP contribution in [-0.4, -0.2) is 25.5 Å². The summed E-state index contributed by atoms with van der Waals surface area (Å²) in [5, 5.41) is 0. The van der Waals surface area contributed by atoms with Gasteiger partial charge in [-0.15, -0.1) is 0 Å². The van der Waals surface area contributed by atoms with Gasteiger partial charge in [-0.25, -0.2) is 0 Å². The summed E-state index contributed by atoms with van der Waals surface area (Å²) in [6.45, 7) is 4.78. The van der Waals surface area contributed by atoms with Crippen molar-refractivity contribution in [1.29, 1.82) is 0 Å². The first-order valence-corrected chi connectivity index (χ1v) is 2.21. The van der Waals surface area contributed by atoms with Gasteiger partial charge in [0.25, 0.3) is 0 Å². The standard InChI is InChI=1S/C5H12N.2CH3.Ce/c1-4-5-6(2)3;;;/h1,4-5H2,2-3H3;2*1H3;/q3*-1;+3. The Bertz CT molecular complexity index is 30.1. The molecule has 0 unspecified atom stereocenters. The zero-order chi connectivity index (χ0) is 4.99. The van der Waals surface area contributed by atoms with E-state index >= 15 is 0 Å². The van der Waals surface area contributed by atoms with E-state index in [-0.39, 0.29) is 56.6 Å². The van der Waals surface area contributed by atoms with Crippen molar-refractivity contribution in [1.82, 2.24) is 4.90 Å². The Balaban J connectivity index is -0.0000000417. The molecule has 0 heterocycles. The van der Waals surface area contributed by atoms with E-state index in [1.54, 1.807) is 0 Å². The molecule has 0 spiro atoms. The van der Waals surface area contributed by atoms with Crippen LogP contribution in [0.1, 0.15) is 6.42 Å². The second kappa shape index (κ2) is 16.2. The Morgan fingerprint density at radius 1 is 1.22 bits per heavy atom. The maximum atomic E-state index is 3.68. The van der Waals surface area contributed by atoms with E-state index in [9.17, 15) is 0 Å². The van der Waals surface area contributed by atoms with Gasteiger partial charge in [-0.1, -0.05) is 0 Å². The minimum absolute atomic E-state index is 0. The second-order valence-electron chi connectivity index (χ2n) is 1.66. The van der Waals surface area contributed by atoms with Crippen LogP contribution in [0.5, 0.6) is 0 Å². The third kappa shape index (κ3) is 26.7. The number of hydrogen-bond acceptors (Lipinski definition) is 1. The average Bonchev–Trinajstić information content (AvgIpc) is 1.35. The fourth-order valence-electron chi connectivity index (χ4n) is 0.316. The van der Waals surface area contributed by atoms with Gasteiger partial charge in [0.15, 0.2) is 0 Å². The molecule has 0 saturated heterocycles. The zero-order valence-corrected chi connectivity index (χ0v) is 10.2. The van der Waals surface area contributed by atoms with Crippen molar-refractivity contribution in [2.45, 2.75) is 6.42 Å². The van der Waals surface area contributed by atoms with Gasteiger partial charge in [0, 0.05) is 0 Å². The third-order valence-corrected chi connectivity index (χ3v) is 0.605. The van der Waals surface area contributed by atoms with E-state index in [0.717, 1.165) is 13.0 Å². The third-order valence-electron chi connectivity index (χ3n) is 0.605. The Morgan fingerprint density at radius 3 is 1.56 bits per heavy atom. The maximum Gasteiger partial charge on any atom is 3.00 e. The molecule has 0 amide bonds. The summed E-state index contributed by atoms with van der Waals surface area (Å²) >= 11 is 0. The Kier molecular flexibility index (Phi) is 40.3. The molecule has 1 radical (unpaired) electrons. The molecule has 0 aliphatic rings. The molecule has 0 bridgehead atoms. The van der Waals surface area contributed by atoms with Crippen LogP contribution in [0.25, 0.3) is 0 Å². The van der Waals surface area contributed by atoms with Gasteiger partial charge in [-0.05, 0) is 20.6 Å². The minimum Gasteiger partial charge on any atom is -0.358 e. The van der Waals surface area contributed by atoms with E-state index in [0.29, 0.717) is 0 Å². The van der Waals surface area contributed by atoms with Crippen LogP contribution < -0.4 is 0 Å². The first-order chi connectivity index (χ1) is 2.77. The normalized spacial score (nSPS) is 6.67. The van der Waals surface area contributed by atoms with Crippen LogP contribution in [0.2, 0.25) is 0 Å². The smallest absolute Gasteiger partial charge is 0.358 e. The number of rotatable bonds is 2. The molecule has 0 aromatic heterocycles. The van der Waals surface area contributed by atoms with E-state index in [2.05, 4.69) is 11.8 Å². The summed E-state index contributed by atoms with van der Waals surface area (Å²) in [4.78, 5) is 2.12. The molecule has 2 heteroatoms. The van der Waals surface area contributed by atoms with Crippen molar-refractivity contribution < 1.29 is 41.7 Å². The molecule has 0 rings (SSSR count). The van der Waals surface area contributed by atoms with Gasteiger partial charge in [-0.2, -0.15) is 6.42 Å². The van der Waals surface area contributed by atoms with Crippen molar-refractivity contribution >= 4 is 0 Å². The maximum absolute atomic E-state index is 3.68. The molecule has 0 N–H and O–H groups in total. The van der Waals surface area contributed by atoms with Crippen LogP contribution in [0.4, 0.5) is 0 Å². The Morgan fingerprint density at radius 2 is 1.56 bits per heavy atom. The van der Waals surface area contributed by atoms with E-state index in [1.807, 2.05) is 14.1 Å². The van der Waals surface area contributed by atoms with Crippen LogP contribution in [0.15, 0.2) is 0 Å². The van der Waals surface area contributed by atoms with Crippen LogP contribution in [0.3, 0.4) is 0 Å². The van der Waals surface area contributed by atoms with Crippen molar-refractivity contribution in [3.8, 4) is 0 Å². The van der Waals surface area contributed by atoms with E-state index < -0.39 is 0 Å². The van der Waals surface area contributed by atoms with Crippen LogP contribution in [0, 0.1) is 63.5 Å². The monoisotopic (exact) mass is 256 g/mol. The van der Waals surface area contributed by atoms with Crippen LogP contribution in [-0.2, 0) is 0 Å². The molecule has 0 aromatic carbocycles. The molecule has 0 fully saturated rings. The molecule has 0 aromatic rings. The number of nitrogens with zero attached hydrogens (tertiary/aromatic N) is 1. The van der Waals surface area contributed by atoms with Crippen molar-refractivity contribution in [3.63, 3.8) is 0 Å². The Hall–Kier alpha value is 1.34.